The predicted octanol–water partition coefficient (Wildman–Crippen LogP) is 4.30. The number of nitrogens with zero attached hydrogens (tertiary/aromatic N) is 5. The molecule has 164 valence electrons. The van der Waals surface area contributed by atoms with Gasteiger partial charge in [-0.25, -0.2) is 15.0 Å². The van der Waals surface area contributed by atoms with Gasteiger partial charge in [0.05, 0.1) is 30.3 Å². The summed E-state index contributed by atoms with van der Waals surface area (Å²) in [5.74, 6) is 0.939. The van der Waals surface area contributed by atoms with E-state index < -0.39 is 0 Å². The number of morpholine rings is 1. The highest BCUT2D eigenvalue weighted by Gasteiger charge is 2.23. The molecule has 6 nitrogen and oxygen atoms in total. The lowest BCUT2D eigenvalue weighted by Crippen LogP contribution is -2.37. The Balaban J connectivity index is 1.35. The molecule has 5 rings (SSSR count). The lowest BCUT2D eigenvalue weighted by Gasteiger charge is -2.28. The van der Waals surface area contributed by atoms with Gasteiger partial charge in [0.2, 0.25) is 0 Å². The second kappa shape index (κ2) is 9.18. The Morgan fingerprint density at radius 2 is 1.66 bits per heavy atom. The Kier molecular flexibility index (Phi) is 5.97. The van der Waals surface area contributed by atoms with Crippen LogP contribution in [0.5, 0.6) is 0 Å². The summed E-state index contributed by atoms with van der Waals surface area (Å²) < 4.78 is 5.46. The standard InChI is InChI=1S/C26H29N5O/c1-3-30(4-2)17-19-5-7-20(8-6-19)21-9-10-23-22(15-21)26(29-23)24-16-25(28-18-27-24)31-11-13-32-14-12-31/h5-10,15-16,18H,3-4,11-14,17H2,1-2H3. The van der Waals surface area contributed by atoms with Crippen LogP contribution in [-0.2, 0) is 11.3 Å². The molecule has 0 atom stereocenters. The molecule has 0 N–H and O–H groups in total. The van der Waals surface area contributed by atoms with Crippen LogP contribution in [-0.4, -0.2) is 60.0 Å². The smallest absolute Gasteiger partial charge is 0.132 e. The average Bonchev–Trinajstić information content (AvgIpc) is 2.84. The largest absolute Gasteiger partial charge is 0.378 e. The molecule has 32 heavy (non-hydrogen) atoms. The average molecular weight is 428 g/mol. The summed E-state index contributed by atoms with van der Waals surface area (Å²) in [5, 5.41) is 0. The number of benzene rings is 2. The number of rotatable bonds is 7. The predicted molar refractivity (Wildman–Crippen MR) is 129 cm³/mol. The van der Waals surface area contributed by atoms with Gasteiger partial charge in [0.15, 0.2) is 0 Å². The second-order valence-electron chi connectivity index (χ2n) is 8.21. The van der Waals surface area contributed by atoms with E-state index in [1.807, 2.05) is 6.07 Å². The van der Waals surface area contributed by atoms with Gasteiger partial charge in [0, 0.05) is 31.3 Å². The fourth-order valence-corrected chi connectivity index (χ4v) is 4.28. The van der Waals surface area contributed by atoms with Crippen LogP contribution < -0.4 is 4.90 Å². The molecule has 0 aliphatic carbocycles. The summed E-state index contributed by atoms with van der Waals surface area (Å²) in [5.41, 5.74) is 7.76. The summed E-state index contributed by atoms with van der Waals surface area (Å²) in [6, 6.07) is 17.4. The van der Waals surface area contributed by atoms with Crippen LogP contribution >= 0.6 is 0 Å². The van der Waals surface area contributed by atoms with Gasteiger partial charge in [-0.3, -0.25) is 4.90 Å². The van der Waals surface area contributed by atoms with Gasteiger partial charge in [-0.05, 0) is 41.9 Å². The van der Waals surface area contributed by atoms with E-state index in [2.05, 4.69) is 76.1 Å². The summed E-state index contributed by atoms with van der Waals surface area (Å²) >= 11 is 0. The Morgan fingerprint density at radius 1 is 0.906 bits per heavy atom. The first kappa shape index (κ1) is 20.8. The zero-order valence-electron chi connectivity index (χ0n) is 18.8. The third kappa shape index (κ3) is 4.16. The topological polar surface area (TPSA) is 53.9 Å². The van der Waals surface area contributed by atoms with Crippen molar-refractivity contribution in [2.75, 3.05) is 44.3 Å². The molecule has 3 aromatic rings. The maximum absolute atomic E-state index is 5.46. The molecule has 0 amide bonds. The van der Waals surface area contributed by atoms with E-state index >= 15 is 0 Å². The molecule has 2 aliphatic heterocycles. The van der Waals surface area contributed by atoms with E-state index in [4.69, 9.17) is 9.73 Å². The molecule has 0 spiro atoms. The summed E-state index contributed by atoms with van der Waals surface area (Å²) in [7, 11) is 0. The fraction of sp³-hybridized carbons (Fsp3) is 0.346. The Morgan fingerprint density at radius 3 is 2.41 bits per heavy atom. The van der Waals surface area contributed by atoms with E-state index in [0.717, 1.165) is 74.4 Å². The lowest BCUT2D eigenvalue weighted by atomic mass is 9.94. The number of aromatic nitrogens is 2. The quantitative estimate of drug-likeness (QED) is 0.440. The summed E-state index contributed by atoms with van der Waals surface area (Å²) in [4.78, 5) is 18.4. The van der Waals surface area contributed by atoms with Crippen LogP contribution in [0.15, 0.2) is 59.9 Å². The van der Waals surface area contributed by atoms with Crippen molar-refractivity contribution in [3.8, 4) is 11.1 Å². The van der Waals surface area contributed by atoms with Gasteiger partial charge < -0.3 is 9.64 Å². The third-order valence-electron chi connectivity index (χ3n) is 6.30. The van der Waals surface area contributed by atoms with Gasteiger partial charge in [0.25, 0.3) is 0 Å². The summed E-state index contributed by atoms with van der Waals surface area (Å²) in [6.07, 6.45) is 1.64. The highest BCUT2D eigenvalue weighted by atomic mass is 16.5. The normalized spacial score (nSPS) is 15.3. The van der Waals surface area contributed by atoms with Crippen LogP contribution in [0.3, 0.4) is 0 Å². The Bertz CT molecular complexity index is 1120. The summed E-state index contributed by atoms with van der Waals surface area (Å²) in [6.45, 7) is 10.7. The molecule has 2 aliphatic rings. The van der Waals surface area contributed by atoms with Crippen molar-refractivity contribution in [1.82, 2.24) is 14.9 Å². The zero-order chi connectivity index (χ0) is 21.9. The van der Waals surface area contributed by atoms with Crippen LogP contribution in [0.4, 0.5) is 11.5 Å². The van der Waals surface area contributed by atoms with Crippen molar-refractivity contribution in [3.05, 3.63) is 71.7 Å². The zero-order valence-corrected chi connectivity index (χ0v) is 18.8. The molecule has 1 fully saturated rings. The van der Waals surface area contributed by atoms with E-state index in [1.54, 1.807) is 6.33 Å². The maximum Gasteiger partial charge on any atom is 0.132 e. The van der Waals surface area contributed by atoms with Crippen LogP contribution in [0.25, 0.3) is 11.1 Å². The third-order valence-corrected chi connectivity index (χ3v) is 6.30. The van der Waals surface area contributed by atoms with E-state index in [1.165, 1.54) is 16.7 Å². The van der Waals surface area contributed by atoms with E-state index in [9.17, 15) is 0 Å². The van der Waals surface area contributed by atoms with Crippen molar-refractivity contribution in [1.29, 1.82) is 0 Å². The minimum Gasteiger partial charge on any atom is -0.378 e. The van der Waals surface area contributed by atoms with Crippen molar-refractivity contribution in [3.63, 3.8) is 0 Å². The molecule has 0 saturated carbocycles. The SMILES string of the molecule is CCN(CC)Cc1ccc(-c2ccc3c(c2)C(c2cc(N4CCOCC4)ncn2)=N3)cc1. The molecule has 1 aromatic heterocycles. The second-order valence-corrected chi connectivity index (χ2v) is 8.21. The molecule has 0 bridgehead atoms. The molecule has 2 aromatic carbocycles. The van der Waals surface area contributed by atoms with Gasteiger partial charge in [-0.2, -0.15) is 0 Å². The minimum atomic E-state index is 0.736. The first-order valence-electron chi connectivity index (χ1n) is 11.4. The highest BCUT2D eigenvalue weighted by Crippen LogP contribution is 2.36. The number of ether oxygens (including phenoxy) is 1. The van der Waals surface area contributed by atoms with Crippen LogP contribution in [0, 0.1) is 0 Å². The first-order chi connectivity index (χ1) is 15.7. The fourth-order valence-electron chi connectivity index (χ4n) is 4.28. The molecule has 0 radical (unpaired) electrons. The van der Waals surface area contributed by atoms with E-state index in [-0.39, 0.29) is 0 Å². The minimum absolute atomic E-state index is 0.736. The Labute approximate surface area is 189 Å². The first-order valence-corrected chi connectivity index (χ1v) is 11.4. The van der Waals surface area contributed by atoms with Crippen LogP contribution in [0.1, 0.15) is 30.7 Å². The number of aliphatic imine (C=N–C) groups is 1. The molecule has 6 heteroatoms. The van der Waals surface area contributed by atoms with Gasteiger partial charge in [0.1, 0.15) is 12.1 Å². The van der Waals surface area contributed by atoms with Gasteiger partial charge in [-0.15, -0.1) is 0 Å². The highest BCUT2D eigenvalue weighted by molar-refractivity contribution is 6.21. The molecular formula is C26H29N5O. The van der Waals surface area contributed by atoms with Crippen molar-refractivity contribution in [2.24, 2.45) is 4.99 Å². The molecule has 1 saturated heterocycles. The number of fused-ring (bicyclic) bond motifs is 1. The maximum atomic E-state index is 5.46. The van der Waals surface area contributed by atoms with Crippen molar-refractivity contribution < 1.29 is 4.74 Å². The van der Waals surface area contributed by atoms with E-state index in [0.29, 0.717) is 0 Å². The van der Waals surface area contributed by atoms with Gasteiger partial charge in [-0.1, -0.05) is 44.2 Å². The molecular weight excluding hydrogens is 398 g/mol. The van der Waals surface area contributed by atoms with Crippen LogP contribution in [0.2, 0.25) is 0 Å². The lowest BCUT2D eigenvalue weighted by molar-refractivity contribution is 0.122. The molecule has 3 heterocycles. The monoisotopic (exact) mass is 427 g/mol. The molecule has 0 unspecified atom stereocenters. The number of hydrogen-bond acceptors (Lipinski definition) is 6. The van der Waals surface area contributed by atoms with Crippen molar-refractivity contribution in [2.45, 2.75) is 20.4 Å². The number of hydrogen-bond donors (Lipinski definition) is 0. The van der Waals surface area contributed by atoms with Crippen molar-refractivity contribution >= 4 is 17.2 Å². The van der Waals surface area contributed by atoms with Gasteiger partial charge >= 0.3 is 0 Å². The number of anilines is 1. The Hall–Kier alpha value is -3.09.